The molecule has 0 aliphatic heterocycles. The molecule has 0 aliphatic rings. The Labute approximate surface area is 113 Å². The molecule has 0 bridgehead atoms. The topological polar surface area (TPSA) is 43.8 Å². The first-order chi connectivity index (χ1) is 8.61. The zero-order chi connectivity index (χ0) is 13.1. The number of aromatic nitrogens is 2. The van der Waals surface area contributed by atoms with E-state index in [1.165, 1.54) is 0 Å². The molecule has 4 heteroatoms. The van der Waals surface area contributed by atoms with Gasteiger partial charge in [-0.25, -0.2) is 0 Å². The zero-order valence-corrected chi connectivity index (χ0v) is 11.7. The fourth-order valence-electron chi connectivity index (χ4n) is 1.98. The maximum absolute atomic E-state index is 5.86. The molecule has 3 nitrogen and oxygen atoms in total. The molecular formula is C14H19N3S. The number of allylic oxidation sites excluding steroid dienone is 1. The molecule has 1 atom stereocenters. The van der Waals surface area contributed by atoms with Crippen LogP contribution in [0.5, 0.6) is 0 Å². The summed E-state index contributed by atoms with van der Waals surface area (Å²) < 4.78 is 1.97. The maximum atomic E-state index is 5.86. The second-order valence-corrected chi connectivity index (χ2v) is 5.15. The van der Waals surface area contributed by atoms with Gasteiger partial charge in [0.15, 0.2) is 0 Å². The van der Waals surface area contributed by atoms with Crippen LogP contribution in [0, 0.1) is 0 Å². The van der Waals surface area contributed by atoms with Gasteiger partial charge in [-0.15, -0.1) is 12.6 Å². The number of nitrogens with zero attached hydrogens (tertiary/aromatic N) is 2. The van der Waals surface area contributed by atoms with Crippen LogP contribution in [0.3, 0.4) is 0 Å². The molecule has 2 aromatic rings. The molecule has 96 valence electrons. The first kappa shape index (κ1) is 13.2. The van der Waals surface area contributed by atoms with Gasteiger partial charge in [0.05, 0.1) is 18.3 Å². The summed E-state index contributed by atoms with van der Waals surface area (Å²) in [6.45, 7) is 4.81. The fraction of sp³-hybridized carbons (Fsp3) is 0.357. The summed E-state index contributed by atoms with van der Waals surface area (Å²) in [5, 5.41) is 5.55. The van der Waals surface area contributed by atoms with Crippen molar-refractivity contribution in [1.29, 1.82) is 0 Å². The minimum atomic E-state index is 0.0896. The Morgan fingerprint density at radius 1 is 1.56 bits per heavy atom. The minimum absolute atomic E-state index is 0.0896. The largest absolute Gasteiger partial charge is 0.326 e. The van der Waals surface area contributed by atoms with E-state index in [9.17, 15) is 0 Å². The number of para-hydroxylation sites is 1. The Morgan fingerprint density at radius 3 is 3.00 bits per heavy atom. The van der Waals surface area contributed by atoms with E-state index in [1.54, 1.807) is 0 Å². The molecule has 0 saturated heterocycles. The third kappa shape index (κ3) is 2.76. The van der Waals surface area contributed by atoms with Gasteiger partial charge in [0.1, 0.15) is 0 Å². The van der Waals surface area contributed by atoms with E-state index in [0.717, 1.165) is 34.3 Å². The molecular weight excluding hydrogens is 242 g/mol. The lowest BCUT2D eigenvalue weighted by Gasteiger charge is -2.09. The number of hydrogen-bond donors (Lipinski definition) is 2. The molecule has 2 N–H and O–H groups in total. The van der Waals surface area contributed by atoms with Crippen molar-refractivity contribution in [2.75, 3.05) is 0 Å². The zero-order valence-electron chi connectivity index (χ0n) is 10.8. The van der Waals surface area contributed by atoms with E-state index in [0.29, 0.717) is 0 Å². The lowest BCUT2D eigenvalue weighted by Crippen LogP contribution is -2.22. The van der Waals surface area contributed by atoms with Crippen LogP contribution >= 0.6 is 12.6 Å². The van der Waals surface area contributed by atoms with Crippen LogP contribution in [-0.2, 0) is 6.54 Å². The Morgan fingerprint density at radius 2 is 2.33 bits per heavy atom. The lowest BCUT2D eigenvalue weighted by atomic mass is 10.1. The van der Waals surface area contributed by atoms with Gasteiger partial charge in [-0.1, -0.05) is 25.1 Å². The van der Waals surface area contributed by atoms with Crippen molar-refractivity contribution in [1.82, 2.24) is 9.78 Å². The van der Waals surface area contributed by atoms with Gasteiger partial charge in [-0.05, 0) is 24.3 Å². The lowest BCUT2D eigenvalue weighted by molar-refractivity contribution is 0.553. The molecule has 18 heavy (non-hydrogen) atoms. The monoisotopic (exact) mass is 261 g/mol. The van der Waals surface area contributed by atoms with E-state index in [-0.39, 0.29) is 6.04 Å². The number of hydrogen-bond acceptors (Lipinski definition) is 3. The highest BCUT2D eigenvalue weighted by atomic mass is 32.1. The summed E-state index contributed by atoms with van der Waals surface area (Å²) in [5.74, 6) is 0. The molecule has 1 heterocycles. The van der Waals surface area contributed by atoms with Crippen LogP contribution in [0.25, 0.3) is 17.0 Å². The third-order valence-corrected chi connectivity index (χ3v) is 3.28. The highest BCUT2D eigenvalue weighted by molar-refractivity contribution is 7.84. The normalized spacial score (nSPS) is 14.1. The predicted octanol–water partition coefficient (Wildman–Crippen LogP) is 3.06. The Hall–Kier alpha value is -1.26. The average molecular weight is 261 g/mol. The second-order valence-electron chi connectivity index (χ2n) is 4.58. The van der Waals surface area contributed by atoms with Gasteiger partial charge >= 0.3 is 0 Å². The van der Waals surface area contributed by atoms with Crippen LogP contribution in [-0.4, -0.2) is 15.8 Å². The van der Waals surface area contributed by atoms with Gasteiger partial charge in [0.2, 0.25) is 0 Å². The number of fused-ring (bicyclic) bond motifs is 1. The summed E-state index contributed by atoms with van der Waals surface area (Å²) in [7, 11) is 0. The number of rotatable bonds is 4. The van der Waals surface area contributed by atoms with Gasteiger partial charge in [0.25, 0.3) is 0 Å². The van der Waals surface area contributed by atoms with Crippen LogP contribution < -0.4 is 5.73 Å². The van der Waals surface area contributed by atoms with E-state index in [4.69, 9.17) is 5.73 Å². The van der Waals surface area contributed by atoms with Crippen molar-refractivity contribution < 1.29 is 0 Å². The van der Waals surface area contributed by atoms with Gasteiger partial charge in [-0.3, -0.25) is 4.68 Å². The van der Waals surface area contributed by atoms with Gasteiger partial charge < -0.3 is 5.73 Å². The smallest absolute Gasteiger partial charge is 0.0755 e. The van der Waals surface area contributed by atoms with Crippen molar-refractivity contribution in [3.05, 3.63) is 34.9 Å². The molecule has 0 fully saturated rings. The molecule has 0 saturated carbocycles. The standard InChI is InChI=1S/C14H19N3S/c1-3-13(18)7-11-5-4-6-12-8-16-17(14(11)12)9-10(2)15/h4-8,10,18H,3,9,15H2,1-2H3/b13-7-/t10-/m0/s1. The molecule has 1 aromatic carbocycles. The molecule has 0 amide bonds. The number of benzene rings is 1. The van der Waals surface area contributed by atoms with Crippen molar-refractivity contribution in [3.63, 3.8) is 0 Å². The molecule has 0 spiro atoms. The Kier molecular flexibility index (Phi) is 4.09. The van der Waals surface area contributed by atoms with E-state index >= 15 is 0 Å². The van der Waals surface area contributed by atoms with Gasteiger partial charge in [0, 0.05) is 17.0 Å². The second kappa shape index (κ2) is 5.59. The molecule has 0 unspecified atom stereocenters. The molecule has 0 aliphatic carbocycles. The molecule has 1 aromatic heterocycles. The van der Waals surface area contributed by atoms with Crippen molar-refractivity contribution in [3.8, 4) is 0 Å². The van der Waals surface area contributed by atoms with Crippen LogP contribution in [0.1, 0.15) is 25.8 Å². The van der Waals surface area contributed by atoms with E-state index in [2.05, 4.69) is 42.9 Å². The van der Waals surface area contributed by atoms with Crippen molar-refractivity contribution in [2.45, 2.75) is 32.9 Å². The first-order valence-corrected chi connectivity index (χ1v) is 6.66. The van der Waals surface area contributed by atoms with Gasteiger partial charge in [-0.2, -0.15) is 5.10 Å². The predicted molar refractivity (Wildman–Crippen MR) is 80.6 cm³/mol. The number of thiol groups is 1. The molecule has 0 radical (unpaired) electrons. The molecule has 2 rings (SSSR count). The van der Waals surface area contributed by atoms with Crippen molar-refractivity contribution >= 4 is 29.6 Å². The van der Waals surface area contributed by atoms with Crippen molar-refractivity contribution in [2.24, 2.45) is 5.73 Å². The van der Waals surface area contributed by atoms with Crippen LogP contribution in [0.4, 0.5) is 0 Å². The summed E-state index contributed by atoms with van der Waals surface area (Å²) in [5.41, 5.74) is 8.15. The van der Waals surface area contributed by atoms with E-state index in [1.807, 2.05) is 23.9 Å². The highest BCUT2D eigenvalue weighted by Crippen LogP contribution is 2.22. The summed E-state index contributed by atoms with van der Waals surface area (Å²) in [6.07, 6.45) is 4.92. The average Bonchev–Trinajstić information content (AvgIpc) is 2.72. The minimum Gasteiger partial charge on any atom is -0.326 e. The van der Waals surface area contributed by atoms with Crippen LogP contribution in [0.2, 0.25) is 0 Å². The first-order valence-electron chi connectivity index (χ1n) is 6.21. The quantitative estimate of drug-likeness (QED) is 0.831. The Bertz CT molecular complexity index is 569. The SMILES string of the molecule is CC/C(S)=C/c1cccc2cnn(C[C@H](C)N)c12. The summed E-state index contributed by atoms with van der Waals surface area (Å²) >= 11 is 4.46. The third-order valence-electron chi connectivity index (χ3n) is 2.84. The fourth-order valence-corrected chi connectivity index (χ4v) is 2.12. The van der Waals surface area contributed by atoms with Crippen LogP contribution in [0.15, 0.2) is 29.3 Å². The Balaban J connectivity index is 2.55. The number of nitrogens with two attached hydrogens (primary N) is 1. The highest BCUT2D eigenvalue weighted by Gasteiger charge is 2.08. The summed E-state index contributed by atoms with van der Waals surface area (Å²) in [4.78, 5) is 1.07. The maximum Gasteiger partial charge on any atom is 0.0755 e. The van der Waals surface area contributed by atoms with E-state index < -0.39 is 0 Å². The summed E-state index contributed by atoms with van der Waals surface area (Å²) in [6, 6.07) is 6.30.